The zero-order valence-corrected chi connectivity index (χ0v) is 19.3. The number of likely N-dealkylation sites (N-methyl/N-ethyl adjacent to an activating group) is 1. The second-order valence-electron chi connectivity index (χ2n) is 2.82. The molecule has 1 aliphatic heterocycles. The summed E-state index contributed by atoms with van der Waals surface area (Å²) in [4.78, 5) is 8.14. The van der Waals surface area contributed by atoms with E-state index in [1.807, 2.05) is 0 Å². The lowest BCUT2D eigenvalue weighted by Gasteiger charge is -2.20. The van der Waals surface area contributed by atoms with Gasteiger partial charge in [0.25, 0.3) is 0 Å². The smallest absolute Gasteiger partial charge is 0.159 e. The van der Waals surface area contributed by atoms with Crippen LogP contribution in [0.25, 0.3) is 0 Å². The van der Waals surface area contributed by atoms with Crippen molar-refractivity contribution in [1.29, 1.82) is 0 Å². The number of hydrogen-bond acceptors (Lipinski definition) is 3. The summed E-state index contributed by atoms with van der Waals surface area (Å²) >= 11 is 5.16. The van der Waals surface area contributed by atoms with E-state index in [0.29, 0.717) is 0 Å². The fourth-order valence-electron chi connectivity index (χ4n) is 1.29. The number of fused-ring (bicyclic) bond motifs is 1. The minimum absolute atomic E-state index is 1.03. The van der Waals surface area contributed by atoms with Gasteiger partial charge in [0.15, 0.2) is 3.92 Å². The molecular weight excluding hydrogens is 756 g/mol. The van der Waals surface area contributed by atoms with Gasteiger partial charge in [0.1, 0.15) is 0 Å². The molecule has 0 saturated heterocycles. The van der Waals surface area contributed by atoms with Gasteiger partial charge in [-0.15, -0.1) is 11.3 Å². The second-order valence-corrected chi connectivity index (χ2v) is 5.18. The number of halogens is 29. The van der Waals surface area contributed by atoms with E-state index in [1.54, 1.807) is 11.3 Å². The number of thiazole rings is 1. The third-order valence-electron chi connectivity index (χ3n) is 1.90. The standard InChI is InChI=1S/C7H9BrN2S.14F2/c1-10-3-2-5-6(4-10)11-7(8)9-5;14*1-2/h2-4H2,1H3;;;;;;;;;;;;;;. The predicted molar refractivity (Wildman–Crippen MR) is 80.9 cm³/mol. The highest BCUT2D eigenvalue weighted by atomic mass is 79.9. The van der Waals surface area contributed by atoms with Gasteiger partial charge in [0.05, 0.1) is 5.69 Å². The first-order valence-corrected chi connectivity index (χ1v) is 7.19. The van der Waals surface area contributed by atoms with Crippen molar-refractivity contribution in [3.8, 4) is 0 Å². The van der Waals surface area contributed by atoms with Crippen molar-refractivity contribution in [2.24, 2.45) is 0 Å². The molecule has 0 atom stereocenters. The minimum atomic E-state index is 1.03. The fraction of sp³-hybridized carbons (Fsp3) is 0.571. The summed E-state index contributed by atoms with van der Waals surface area (Å²) < 4.78 is 225. The van der Waals surface area contributed by atoms with Gasteiger partial charge in [0.2, 0.25) is 0 Å². The lowest BCUT2D eigenvalue weighted by Crippen LogP contribution is -2.25. The number of rotatable bonds is 0. The average molecular weight is 765 g/mol. The van der Waals surface area contributed by atoms with Crippen molar-refractivity contribution in [3.05, 3.63) is 14.5 Å². The van der Waals surface area contributed by atoms with Crippen LogP contribution in [0.5, 0.6) is 0 Å². The van der Waals surface area contributed by atoms with Crippen molar-refractivity contribution in [3.63, 3.8) is 0 Å². The highest BCUT2D eigenvalue weighted by Gasteiger charge is 2.16. The maximum Gasteiger partial charge on any atom is 0.159 e. The maximum atomic E-state index is 8.00. The van der Waals surface area contributed by atoms with Crippen molar-refractivity contribution < 1.29 is 128 Å². The molecule has 0 fully saturated rings. The first-order chi connectivity index (χ1) is 19.3. The van der Waals surface area contributed by atoms with Gasteiger partial charge in [0, 0.05) is 152 Å². The quantitative estimate of drug-likeness (QED) is 0.245. The first kappa shape index (κ1) is 83.2. The molecule has 2 heterocycles. The van der Waals surface area contributed by atoms with E-state index in [2.05, 4.69) is 32.9 Å². The maximum absolute atomic E-state index is 8.00. The Labute approximate surface area is 207 Å². The first-order valence-electron chi connectivity index (χ1n) is 5.58. The summed E-state index contributed by atoms with van der Waals surface area (Å²) in [7, 11) is 2.15. The van der Waals surface area contributed by atoms with Gasteiger partial charge in [-0.2, -0.15) is 0 Å². The Hall–Kier alpha value is -1.89. The summed E-state index contributed by atoms with van der Waals surface area (Å²) in [6.07, 6.45) is 1.11. The fourth-order valence-corrected chi connectivity index (χ4v) is 3.00. The van der Waals surface area contributed by atoms with E-state index in [0.717, 1.165) is 23.4 Å². The Kier molecular flexibility index (Phi) is 416. The van der Waals surface area contributed by atoms with Gasteiger partial charge in [-0.05, 0) is 23.0 Å². The molecule has 1 aromatic heterocycles. The zero-order chi connectivity index (χ0) is 35.8. The Morgan fingerprint density at radius 3 is 0.974 bits per heavy atom. The molecule has 0 aromatic carbocycles. The number of aromatic nitrogens is 1. The molecule has 0 unspecified atom stereocenters. The van der Waals surface area contributed by atoms with E-state index in [1.165, 1.54) is 10.6 Å². The Morgan fingerprint density at radius 1 is 0.513 bits per heavy atom. The van der Waals surface area contributed by atoms with Crippen molar-refractivity contribution in [2.45, 2.75) is 13.0 Å². The highest BCUT2D eigenvalue weighted by molar-refractivity contribution is 9.11. The van der Waals surface area contributed by atoms with Gasteiger partial charge in [-0.3, -0.25) is 0 Å². The highest BCUT2D eigenvalue weighted by Crippen LogP contribution is 2.27. The molecule has 0 aliphatic carbocycles. The predicted octanol–water partition coefficient (Wildman–Crippen LogP) is 13.7. The monoisotopic (exact) mass is 764 g/mol. The van der Waals surface area contributed by atoms with Crippen LogP contribution < -0.4 is 0 Å². The summed E-state index contributed by atoms with van der Waals surface area (Å²) in [5.41, 5.74) is 1.29. The van der Waals surface area contributed by atoms with E-state index in [9.17, 15) is 0 Å². The van der Waals surface area contributed by atoms with Crippen LogP contribution in [-0.2, 0) is 13.0 Å². The molecule has 0 bridgehead atoms. The lowest BCUT2D eigenvalue weighted by atomic mass is 10.2. The molecule has 0 amide bonds. The van der Waals surface area contributed by atoms with Gasteiger partial charge in [-0.25, -0.2) is 4.98 Å². The van der Waals surface area contributed by atoms with Crippen LogP contribution in [0, 0.1) is 0 Å². The van der Waals surface area contributed by atoms with Gasteiger partial charge < -0.3 is 4.90 Å². The lowest BCUT2D eigenvalue weighted by molar-refractivity contribution is 0.108. The van der Waals surface area contributed by atoms with E-state index < -0.39 is 0 Å². The Bertz CT molecular complexity index is 305. The van der Waals surface area contributed by atoms with Crippen LogP contribution in [0.3, 0.4) is 0 Å². The molecule has 32 heteroatoms. The molecule has 256 valence electrons. The van der Waals surface area contributed by atoms with Crippen molar-refractivity contribution in [2.75, 3.05) is 13.6 Å². The third-order valence-corrected chi connectivity index (χ3v) is 3.43. The molecule has 2 rings (SSSR count). The molecule has 39 heavy (non-hydrogen) atoms. The molecule has 0 spiro atoms. The second kappa shape index (κ2) is 195. The zero-order valence-electron chi connectivity index (χ0n) is 16.9. The largest absolute Gasteiger partial charge is 0.301 e. The molecular formula is C7H9BrF28N2S. The summed E-state index contributed by atoms with van der Waals surface area (Å²) in [5, 5.41) is 0. The summed E-state index contributed by atoms with van der Waals surface area (Å²) in [6.45, 7) is 2.21. The molecule has 1 aromatic rings. The minimum Gasteiger partial charge on any atom is -0.301 e. The normalized spacial score (nSPS) is 7.33. The van der Waals surface area contributed by atoms with Crippen LogP contribution in [0.4, 0.5) is 128 Å². The van der Waals surface area contributed by atoms with Crippen LogP contribution in [-0.4, -0.2) is 23.5 Å². The molecule has 2 nitrogen and oxygen atoms in total. The molecule has 0 radical (unpaired) electrons. The Balaban J connectivity index is -0.0000000191. The van der Waals surface area contributed by atoms with Crippen LogP contribution in [0.15, 0.2) is 3.92 Å². The van der Waals surface area contributed by atoms with Crippen LogP contribution in [0.1, 0.15) is 10.6 Å². The van der Waals surface area contributed by atoms with Crippen LogP contribution in [0.2, 0.25) is 0 Å². The summed E-state index contributed by atoms with van der Waals surface area (Å²) in [5.74, 6) is 0. The van der Waals surface area contributed by atoms with E-state index in [4.69, 9.17) is 128 Å². The van der Waals surface area contributed by atoms with E-state index >= 15 is 0 Å². The average Bonchev–Trinajstić information content (AvgIpc) is 3.49. The topological polar surface area (TPSA) is 16.1 Å². The molecule has 1 aliphatic rings. The van der Waals surface area contributed by atoms with Crippen molar-refractivity contribution in [1.82, 2.24) is 9.88 Å². The Morgan fingerprint density at radius 2 is 0.744 bits per heavy atom. The SMILES string of the molecule is CN1CCc2nc(Br)sc2C1.FF.FF.FF.FF.FF.FF.FF.FF.FF.FF.FF.FF.FF.FF. The number of hydrogen-bond donors (Lipinski definition) is 0. The van der Waals surface area contributed by atoms with Crippen molar-refractivity contribution >= 4 is 27.3 Å². The molecule has 0 saturated carbocycles. The third kappa shape index (κ3) is 115. The molecule has 0 N–H and O–H groups in total. The number of nitrogens with zero attached hydrogens (tertiary/aromatic N) is 2. The van der Waals surface area contributed by atoms with Gasteiger partial charge >= 0.3 is 0 Å². The summed E-state index contributed by atoms with van der Waals surface area (Å²) in [6, 6.07) is 0. The van der Waals surface area contributed by atoms with Crippen LogP contribution >= 0.6 is 27.3 Å². The van der Waals surface area contributed by atoms with E-state index in [-0.39, 0.29) is 0 Å². The van der Waals surface area contributed by atoms with Gasteiger partial charge in [-0.1, -0.05) is 0 Å².